The molecule has 2 heterocycles. The van der Waals surface area contributed by atoms with E-state index in [-0.39, 0.29) is 0 Å². The maximum absolute atomic E-state index is 6.60. The highest BCUT2D eigenvalue weighted by atomic mass is 16.5. The third kappa shape index (κ3) is 4.37. The molecule has 2 aliphatic rings. The molecule has 0 N–H and O–H groups in total. The van der Waals surface area contributed by atoms with Crippen LogP contribution < -0.4 is 9.47 Å². The molecule has 11 aromatic carbocycles. The fraction of sp³-hybridized carbons (Fsp3) is 0. The van der Waals surface area contributed by atoms with Crippen molar-refractivity contribution in [3.63, 3.8) is 0 Å². The molecule has 0 fully saturated rings. The minimum absolute atomic E-state index is 0.891. The van der Waals surface area contributed by atoms with Crippen molar-refractivity contribution in [2.45, 2.75) is 0 Å². The van der Waals surface area contributed by atoms with E-state index >= 15 is 0 Å². The second-order valence-corrected chi connectivity index (χ2v) is 15.5. The summed E-state index contributed by atoms with van der Waals surface area (Å²) in [5.41, 5.74) is 11.9. The largest absolute Gasteiger partial charge is 0.456 e. The van der Waals surface area contributed by atoms with Gasteiger partial charge in [0, 0.05) is 21.9 Å². The summed E-state index contributed by atoms with van der Waals surface area (Å²) >= 11 is 0. The Morgan fingerprint density at radius 1 is 0.241 bits per heavy atom. The Morgan fingerprint density at radius 2 is 0.690 bits per heavy atom. The second kappa shape index (κ2) is 11.9. The van der Waals surface area contributed by atoms with Crippen molar-refractivity contribution in [1.82, 2.24) is 0 Å². The fourth-order valence-corrected chi connectivity index (χ4v) is 10.0. The summed E-state index contributed by atoms with van der Waals surface area (Å²) in [5, 5.41) is 12.0. The molecule has 0 aliphatic carbocycles. The number of para-hydroxylation sites is 2. The van der Waals surface area contributed by atoms with E-state index in [0.29, 0.717) is 0 Å². The van der Waals surface area contributed by atoms with Crippen molar-refractivity contribution in [2.75, 3.05) is 0 Å². The molecule has 268 valence electrons. The van der Waals surface area contributed by atoms with Crippen LogP contribution in [0.25, 0.3) is 109 Å². The summed E-state index contributed by atoms with van der Waals surface area (Å²) in [7, 11) is 0. The van der Waals surface area contributed by atoms with Crippen LogP contribution >= 0.6 is 0 Å². The van der Waals surface area contributed by atoms with Crippen LogP contribution in [-0.2, 0) is 0 Å². The minimum atomic E-state index is 0.891. The maximum Gasteiger partial charge on any atom is 0.135 e. The summed E-state index contributed by atoms with van der Waals surface area (Å²) < 4.78 is 13.2. The average Bonchev–Trinajstić information content (AvgIpc) is 3.29. The highest BCUT2D eigenvalue weighted by molar-refractivity contribution is 6.27. The predicted molar refractivity (Wildman–Crippen MR) is 241 cm³/mol. The summed E-state index contributed by atoms with van der Waals surface area (Å²) in [6.45, 7) is 0. The zero-order valence-electron chi connectivity index (χ0n) is 31.3. The van der Waals surface area contributed by atoms with Crippen LogP contribution in [0.1, 0.15) is 0 Å². The van der Waals surface area contributed by atoms with E-state index in [0.717, 1.165) is 44.9 Å². The molecule has 0 bridgehead atoms. The monoisotopic (exact) mass is 736 g/mol. The lowest BCUT2D eigenvalue weighted by Gasteiger charge is -2.25. The molecule has 0 atom stereocenters. The number of ether oxygens (including phenoxy) is 2. The van der Waals surface area contributed by atoms with Gasteiger partial charge in [0.2, 0.25) is 0 Å². The smallest absolute Gasteiger partial charge is 0.135 e. The molecule has 13 rings (SSSR count). The van der Waals surface area contributed by atoms with Crippen molar-refractivity contribution in [3.05, 3.63) is 194 Å². The molecule has 2 aliphatic heterocycles. The standard InChI is InChI=1S/C56H32O2/c1-2-14-35-33(12-1)13-9-19-36(35)34-26-27-47-48(32-34)54(46-29-31-52-56-40(21-11-23-44(46)56)38-16-6-8-25-50(38)58-52)42-18-4-3-17-41(42)53(47)45-28-30-51-55-39(20-10-22-43(45)55)37-15-5-7-24-49(37)57-51/h1-32H. The molecule has 0 saturated carbocycles. The third-order valence-electron chi connectivity index (χ3n) is 12.5. The third-order valence-corrected chi connectivity index (χ3v) is 12.5. The Bertz CT molecular complexity index is 3570. The van der Waals surface area contributed by atoms with Crippen molar-refractivity contribution in [1.29, 1.82) is 0 Å². The van der Waals surface area contributed by atoms with E-state index in [4.69, 9.17) is 9.47 Å². The highest BCUT2D eigenvalue weighted by Crippen LogP contribution is 2.54. The number of benzene rings is 11. The molecule has 0 aromatic heterocycles. The van der Waals surface area contributed by atoms with Gasteiger partial charge in [-0.2, -0.15) is 0 Å². The van der Waals surface area contributed by atoms with E-state index in [1.54, 1.807) is 0 Å². The Balaban J connectivity index is 1.17. The zero-order valence-corrected chi connectivity index (χ0v) is 31.3. The van der Waals surface area contributed by atoms with Gasteiger partial charge in [0.1, 0.15) is 23.0 Å². The van der Waals surface area contributed by atoms with E-state index in [1.165, 1.54) is 87.6 Å². The highest BCUT2D eigenvalue weighted by Gasteiger charge is 2.26. The van der Waals surface area contributed by atoms with E-state index < -0.39 is 0 Å². The van der Waals surface area contributed by atoms with Gasteiger partial charge in [-0.3, -0.25) is 0 Å². The summed E-state index contributed by atoms with van der Waals surface area (Å²) in [6.07, 6.45) is 0. The molecular weight excluding hydrogens is 705 g/mol. The second-order valence-electron chi connectivity index (χ2n) is 15.5. The Kier molecular flexibility index (Phi) is 6.47. The number of hydrogen-bond acceptors (Lipinski definition) is 2. The quantitative estimate of drug-likeness (QED) is 0.168. The van der Waals surface area contributed by atoms with Crippen LogP contribution in [0, 0.1) is 0 Å². The lowest BCUT2D eigenvalue weighted by molar-refractivity contribution is 0.487. The van der Waals surface area contributed by atoms with Gasteiger partial charge in [-0.1, -0.05) is 152 Å². The van der Waals surface area contributed by atoms with Crippen LogP contribution in [0.4, 0.5) is 0 Å². The lowest BCUT2D eigenvalue weighted by atomic mass is 9.81. The Labute approximate surface area is 334 Å². The lowest BCUT2D eigenvalue weighted by Crippen LogP contribution is -1.99. The van der Waals surface area contributed by atoms with E-state index in [1.807, 2.05) is 12.1 Å². The van der Waals surface area contributed by atoms with Crippen LogP contribution in [0.5, 0.6) is 23.0 Å². The van der Waals surface area contributed by atoms with Gasteiger partial charge in [-0.15, -0.1) is 0 Å². The molecule has 0 radical (unpaired) electrons. The van der Waals surface area contributed by atoms with Gasteiger partial charge in [-0.05, 0) is 130 Å². The number of fused-ring (bicyclic) bond motifs is 7. The van der Waals surface area contributed by atoms with Crippen LogP contribution in [0.15, 0.2) is 194 Å². The van der Waals surface area contributed by atoms with Crippen molar-refractivity contribution in [3.8, 4) is 78.6 Å². The van der Waals surface area contributed by atoms with Crippen molar-refractivity contribution in [2.24, 2.45) is 0 Å². The average molecular weight is 737 g/mol. The van der Waals surface area contributed by atoms with Gasteiger partial charge >= 0.3 is 0 Å². The van der Waals surface area contributed by atoms with Gasteiger partial charge in [0.15, 0.2) is 0 Å². The first-order valence-electron chi connectivity index (χ1n) is 19.9. The van der Waals surface area contributed by atoms with Gasteiger partial charge < -0.3 is 9.47 Å². The first kappa shape index (κ1) is 31.5. The SMILES string of the molecule is c1ccc2c(c1)Oc1ccc(-c3c4ccccc4c(-c4ccc5c6c(cccc46)-c4ccccc4O5)c4cc(-c5cccc6ccccc56)ccc34)c3cccc-2c13. The molecule has 2 heteroatoms. The molecular formula is C56H32O2. The van der Waals surface area contributed by atoms with Crippen LogP contribution in [-0.4, -0.2) is 0 Å². The normalized spacial score (nSPS) is 12.4. The van der Waals surface area contributed by atoms with Gasteiger partial charge in [-0.25, -0.2) is 0 Å². The summed E-state index contributed by atoms with van der Waals surface area (Å²) in [6, 6.07) is 70.4. The molecule has 0 amide bonds. The molecule has 2 nitrogen and oxygen atoms in total. The topological polar surface area (TPSA) is 18.5 Å². The molecule has 11 aromatic rings. The first-order chi connectivity index (χ1) is 28.8. The predicted octanol–water partition coefficient (Wildman–Crippen LogP) is 16.0. The van der Waals surface area contributed by atoms with Crippen LogP contribution in [0.2, 0.25) is 0 Å². The molecule has 0 saturated heterocycles. The zero-order chi connectivity index (χ0) is 37.9. The molecule has 58 heavy (non-hydrogen) atoms. The Morgan fingerprint density at radius 3 is 1.33 bits per heavy atom. The fourth-order valence-electron chi connectivity index (χ4n) is 10.0. The van der Waals surface area contributed by atoms with Gasteiger partial charge in [0.05, 0.1) is 0 Å². The molecule has 0 spiro atoms. The first-order valence-corrected chi connectivity index (χ1v) is 19.9. The van der Waals surface area contributed by atoms with Crippen LogP contribution in [0.3, 0.4) is 0 Å². The van der Waals surface area contributed by atoms with E-state index in [9.17, 15) is 0 Å². The summed E-state index contributed by atoms with van der Waals surface area (Å²) in [5.74, 6) is 3.57. The minimum Gasteiger partial charge on any atom is -0.456 e. The number of rotatable bonds is 3. The summed E-state index contributed by atoms with van der Waals surface area (Å²) in [4.78, 5) is 0. The van der Waals surface area contributed by atoms with Gasteiger partial charge in [0.25, 0.3) is 0 Å². The number of hydrogen-bond donors (Lipinski definition) is 0. The van der Waals surface area contributed by atoms with Crippen molar-refractivity contribution >= 4 is 53.9 Å². The van der Waals surface area contributed by atoms with Crippen molar-refractivity contribution < 1.29 is 9.47 Å². The molecule has 0 unspecified atom stereocenters. The maximum atomic E-state index is 6.60. The Hall–Kier alpha value is -7.68. The van der Waals surface area contributed by atoms with E-state index in [2.05, 4.69) is 182 Å².